The van der Waals surface area contributed by atoms with Gasteiger partial charge in [0.05, 0.1) is 17.1 Å². The Morgan fingerprint density at radius 3 is 2.59 bits per heavy atom. The van der Waals surface area contributed by atoms with E-state index in [-0.39, 0.29) is 29.9 Å². The number of methoxy groups -OCH3 is 1. The average molecular weight is 567 g/mol. The molecule has 0 spiro atoms. The summed E-state index contributed by atoms with van der Waals surface area (Å²) in [6.07, 6.45) is 5.87. The number of carbonyl (C=O) groups is 2. The number of likely N-dealkylation sites (tertiary alicyclic amines) is 1. The van der Waals surface area contributed by atoms with Crippen LogP contribution in [0.15, 0.2) is 42.7 Å². The Bertz CT molecular complexity index is 1280. The Balaban J connectivity index is 1.66. The number of carbonyl (C=O) groups excluding carboxylic acids is 2. The number of benzene rings is 1. The van der Waals surface area contributed by atoms with Gasteiger partial charge in [-0.3, -0.25) is 9.48 Å². The van der Waals surface area contributed by atoms with E-state index in [1.807, 2.05) is 66.9 Å². The van der Waals surface area contributed by atoms with E-state index >= 15 is 0 Å². The molecule has 1 aliphatic heterocycles. The molecule has 224 valence electrons. The largest absolute Gasteiger partial charge is 0.444 e. The molecule has 10 heteroatoms. The Kier molecular flexibility index (Phi) is 10.1. The van der Waals surface area contributed by atoms with Crippen LogP contribution in [0.4, 0.5) is 4.79 Å². The molecule has 0 radical (unpaired) electrons. The summed E-state index contributed by atoms with van der Waals surface area (Å²) in [7, 11) is 1.70. The van der Waals surface area contributed by atoms with Gasteiger partial charge in [0.15, 0.2) is 5.82 Å². The summed E-state index contributed by atoms with van der Waals surface area (Å²) in [5.74, 6) is 0.689. The van der Waals surface area contributed by atoms with Crippen LogP contribution in [0.3, 0.4) is 0 Å². The lowest BCUT2D eigenvalue weighted by molar-refractivity contribution is -0.000973. The van der Waals surface area contributed by atoms with E-state index in [0.717, 1.165) is 30.3 Å². The molecule has 1 saturated heterocycles. The highest BCUT2D eigenvalue weighted by molar-refractivity contribution is 5.95. The second kappa shape index (κ2) is 13.5. The minimum absolute atomic E-state index is 0.101. The summed E-state index contributed by atoms with van der Waals surface area (Å²) < 4.78 is 15.0. The number of amides is 2. The normalized spacial score (nSPS) is 17.8. The molecule has 0 saturated carbocycles. The summed E-state index contributed by atoms with van der Waals surface area (Å²) in [5.41, 5.74) is 1.15. The van der Waals surface area contributed by atoms with Crippen molar-refractivity contribution in [3.05, 3.63) is 48.5 Å². The van der Waals surface area contributed by atoms with E-state index in [0.29, 0.717) is 45.2 Å². The minimum Gasteiger partial charge on any atom is -0.444 e. The predicted octanol–water partition coefficient (Wildman–Crippen LogP) is 5.08. The molecule has 0 bridgehead atoms. The van der Waals surface area contributed by atoms with Crippen molar-refractivity contribution in [1.82, 2.24) is 29.1 Å². The molecule has 3 heterocycles. The van der Waals surface area contributed by atoms with Crippen LogP contribution in [-0.4, -0.2) is 86.1 Å². The quantitative estimate of drug-likeness (QED) is 0.300. The van der Waals surface area contributed by atoms with Crippen LogP contribution in [-0.2, 0) is 22.6 Å². The first-order valence-electron chi connectivity index (χ1n) is 14.8. The van der Waals surface area contributed by atoms with E-state index in [9.17, 15) is 9.59 Å². The predicted molar refractivity (Wildman–Crippen MR) is 159 cm³/mol. The van der Waals surface area contributed by atoms with Gasteiger partial charge in [0.1, 0.15) is 5.60 Å². The van der Waals surface area contributed by atoms with Crippen LogP contribution in [0.5, 0.6) is 0 Å². The van der Waals surface area contributed by atoms with Crippen molar-refractivity contribution in [2.24, 2.45) is 11.8 Å². The number of ether oxygens (including phenoxy) is 2. The fourth-order valence-electron chi connectivity index (χ4n) is 5.58. The van der Waals surface area contributed by atoms with Crippen molar-refractivity contribution >= 4 is 23.0 Å². The van der Waals surface area contributed by atoms with Crippen molar-refractivity contribution in [3.8, 4) is 0 Å². The zero-order valence-electron chi connectivity index (χ0n) is 25.5. The van der Waals surface area contributed by atoms with Gasteiger partial charge in [-0.1, -0.05) is 26.0 Å². The molecular weight excluding hydrogens is 520 g/mol. The van der Waals surface area contributed by atoms with Gasteiger partial charge in [-0.2, -0.15) is 5.10 Å². The lowest BCUT2D eigenvalue weighted by Crippen LogP contribution is -2.56. The molecule has 0 unspecified atom stereocenters. The number of para-hydroxylation sites is 2. The van der Waals surface area contributed by atoms with Crippen molar-refractivity contribution in [3.63, 3.8) is 0 Å². The Morgan fingerprint density at radius 1 is 1.12 bits per heavy atom. The Morgan fingerprint density at radius 2 is 1.90 bits per heavy atom. The molecule has 2 aromatic heterocycles. The van der Waals surface area contributed by atoms with E-state index in [1.165, 1.54) is 0 Å². The SMILES string of the molecule is COCCCCn1c(C(=O)N(CC(C)C)[C@H]2C[C@@H](Cn3cccn3)CN(C(=O)OC(C)(C)C)C2)nc2ccccc21. The van der Waals surface area contributed by atoms with Gasteiger partial charge in [-0.15, -0.1) is 0 Å². The zero-order valence-corrected chi connectivity index (χ0v) is 25.5. The van der Waals surface area contributed by atoms with Gasteiger partial charge in [-0.25, -0.2) is 9.78 Å². The number of hydrogen-bond acceptors (Lipinski definition) is 6. The van der Waals surface area contributed by atoms with Crippen molar-refractivity contribution in [1.29, 1.82) is 0 Å². The molecule has 0 N–H and O–H groups in total. The summed E-state index contributed by atoms with van der Waals surface area (Å²) in [6.45, 7) is 13.4. The van der Waals surface area contributed by atoms with Gasteiger partial charge in [-0.05, 0) is 70.1 Å². The minimum atomic E-state index is -0.609. The topological polar surface area (TPSA) is 94.7 Å². The maximum absolute atomic E-state index is 14.5. The Hall–Kier alpha value is -3.40. The summed E-state index contributed by atoms with van der Waals surface area (Å²) >= 11 is 0. The standard InChI is InChI=1S/C31H46N6O4/c1-23(2)19-37(29(38)28-33-26-12-7-8-13-27(26)36(28)16-9-10-17-40-6)25-18-24(21-35-15-11-14-32-35)20-34(22-25)30(39)41-31(3,4)5/h7-8,11-15,23-25H,9-10,16-22H2,1-6H3/t24-,25+/m1/s1. The monoisotopic (exact) mass is 566 g/mol. The van der Waals surface area contributed by atoms with Gasteiger partial charge >= 0.3 is 6.09 Å². The van der Waals surface area contributed by atoms with E-state index in [1.54, 1.807) is 18.2 Å². The van der Waals surface area contributed by atoms with E-state index in [4.69, 9.17) is 14.5 Å². The van der Waals surface area contributed by atoms with E-state index < -0.39 is 5.60 Å². The molecule has 1 aromatic carbocycles. The van der Waals surface area contributed by atoms with Crippen LogP contribution < -0.4 is 0 Å². The lowest BCUT2D eigenvalue weighted by atomic mass is 9.92. The van der Waals surface area contributed by atoms with Gasteiger partial charge in [0.2, 0.25) is 0 Å². The third kappa shape index (κ3) is 8.09. The van der Waals surface area contributed by atoms with Gasteiger partial charge < -0.3 is 23.8 Å². The molecule has 1 aliphatic rings. The number of aromatic nitrogens is 4. The van der Waals surface area contributed by atoms with Gasteiger partial charge in [0, 0.05) is 58.8 Å². The first-order valence-corrected chi connectivity index (χ1v) is 14.8. The van der Waals surface area contributed by atoms with Crippen LogP contribution in [0, 0.1) is 11.8 Å². The van der Waals surface area contributed by atoms with E-state index in [2.05, 4.69) is 23.5 Å². The summed E-state index contributed by atoms with van der Waals surface area (Å²) in [6, 6.07) is 9.62. The number of piperidine rings is 1. The van der Waals surface area contributed by atoms with Crippen LogP contribution in [0.2, 0.25) is 0 Å². The highest BCUT2D eigenvalue weighted by atomic mass is 16.6. The Labute approximate surface area is 243 Å². The molecule has 3 aromatic rings. The molecule has 10 nitrogen and oxygen atoms in total. The summed E-state index contributed by atoms with van der Waals surface area (Å²) in [5, 5.41) is 4.40. The van der Waals surface area contributed by atoms with Gasteiger partial charge in [0.25, 0.3) is 5.91 Å². The number of fused-ring (bicyclic) bond motifs is 1. The summed E-state index contributed by atoms with van der Waals surface area (Å²) in [4.78, 5) is 36.3. The van der Waals surface area contributed by atoms with Crippen molar-refractivity contribution in [2.75, 3.05) is 33.4 Å². The first-order chi connectivity index (χ1) is 19.6. The maximum atomic E-state index is 14.5. The molecule has 0 aliphatic carbocycles. The third-order valence-corrected chi connectivity index (χ3v) is 7.26. The van der Waals surface area contributed by atoms with Crippen LogP contribution >= 0.6 is 0 Å². The smallest absolute Gasteiger partial charge is 0.410 e. The number of nitrogens with zero attached hydrogens (tertiary/aromatic N) is 6. The second-order valence-corrected chi connectivity index (χ2v) is 12.5. The van der Waals surface area contributed by atoms with Crippen molar-refractivity contribution < 1.29 is 19.1 Å². The first kappa shape index (κ1) is 30.6. The molecule has 1 fully saturated rings. The number of unbranched alkanes of at least 4 members (excludes halogenated alkanes) is 1. The maximum Gasteiger partial charge on any atom is 0.410 e. The number of aryl methyl sites for hydroxylation is 1. The second-order valence-electron chi connectivity index (χ2n) is 12.5. The average Bonchev–Trinajstić information content (AvgIpc) is 3.56. The molecule has 4 rings (SSSR count). The molecular formula is C31H46N6O4. The molecule has 41 heavy (non-hydrogen) atoms. The number of rotatable bonds is 11. The number of imidazole rings is 1. The van der Waals surface area contributed by atoms with Crippen LogP contribution in [0.1, 0.15) is 64.5 Å². The molecule has 2 atom stereocenters. The highest BCUT2D eigenvalue weighted by Gasteiger charge is 2.38. The molecule has 2 amide bonds. The lowest BCUT2D eigenvalue weighted by Gasteiger charge is -2.43. The highest BCUT2D eigenvalue weighted by Crippen LogP contribution is 2.27. The van der Waals surface area contributed by atoms with Crippen LogP contribution in [0.25, 0.3) is 11.0 Å². The zero-order chi connectivity index (χ0) is 29.6. The fourth-order valence-corrected chi connectivity index (χ4v) is 5.58. The third-order valence-electron chi connectivity index (χ3n) is 7.26. The number of hydrogen-bond donors (Lipinski definition) is 0. The fraction of sp³-hybridized carbons (Fsp3) is 0.613. The van der Waals surface area contributed by atoms with Crippen molar-refractivity contribution in [2.45, 2.75) is 78.6 Å².